The standard InChI is InChI=1S/C14H18N2O3/c1-16(10-5-11-3-8-15-9-4-11)12(17)14(6-7-14)13(18)19-2/h3-4,8-9H,5-7,10H2,1-2H3. The summed E-state index contributed by atoms with van der Waals surface area (Å²) >= 11 is 0. The first kappa shape index (κ1) is 13.5. The third kappa shape index (κ3) is 2.75. The van der Waals surface area contributed by atoms with E-state index in [-0.39, 0.29) is 5.91 Å². The average Bonchev–Trinajstić information content (AvgIpc) is 3.25. The zero-order valence-corrected chi connectivity index (χ0v) is 11.3. The quantitative estimate of drug-likeness (QED) is 0.587. The van der Waals surface area contributed by atoms with Crippen LogP contribution >= 0.6 is 0 Å². The molecule has 0 spiro atoms. The van der Waals surface area contributed by atoms with E-state index in [4.69, 9.17) is 4.74 Å². The molecule has 1 aromatic heterocycles. The molecule has 2 rings (SSSR count). The highest BCUT2D eigenvalue weighted by Gasteiger charge is 2.58. The van der Waals surface area contributed by atoms with E-state index in [0.29, 0.717) is 19.4 Å². The topological polar surface area (TPSA) is 59.5 Å². The van der Waals surface area contributed by atoms with Crippen molar-refractivity contribution in [2.45, 2.75) is 19.3 Å². The number of nitrogens with zero attached hydrogens (tertiary/aromatic N) is 2. The van der Waals surface area contributed by atoms with Crippen LogP contribution in [0.4, 0.5) is 0 Å². The molecule has 0 unspecified atom stereocenters. The van der Waals surface area contributed by atoms with Gasteiger partial charge >= 0.3 is 5.97 Å². The first-order valence-electron chi connectivity index (χ1n) is 6.33. The van der Waals surface area contributed by atoms with Crippen molar-refractivity contribution in [1.82, 2.24) is 9.88 Å². The van der Waals surface area contributed by atoms with Crippen LogP contribution in [0.15, 0.2) is 24.5 Å². The van der Waals surface area contributed by atoms with Gasteiger partial charge in [-0.1, -0.05) is 0 Å². The van der Waals surface area contributed by atoms with Crippen LogP contribution in [0.2, 0.25) is 0 Å². The second kappa shape index (κ2) is 5.38. The molecule has 0 saturated heterocycles. The summed E-state index contributed by atoms with van der Waals surface area (Å²) in [4.78, 5) is 29.5. The van der Waals surface area contributed by atoms with Crippen molar-refractivity contribution in [3.8, 4) is 0 Å². The summed E-state index contributed by atoms with van der Waals surface area (Å²) in [5, 5.41) is 0. The van der Waals surface area contributed by atoms with Gasteiger partial charge < -0.3 is 9.64 Å². The summed E-state index contributed by atoms with van der Waals surface area (Å²) in [6.07, 6.45) is 5.40. The molecule has 1 aliphatic carbocycles. The Morgan fingerprint density at radius 1 is 1.37 bits per heavy atom. The van der Waals surface area contributed by atoms with Crippen molar-refractivity contribution in [3.63, 3.8) is 0 Å². The molecule has 1 fully saturated rings. The van der Waals surface area contributed by atoms with Gasteiger partial charge in [0.15, 0.2) is 0 Å². The zero-order valence-electron chi connectivity index (χ0n) is 11.3. The normalized spacial score (nSPS) is 15.7. The van der Waals surface area contributed by atoms with E-state index in [9.17, 15) is 9.59 Å². The average molecular weight is 262 g/mol. The lowest BCUT2D eigenvalue weighted by Gasteiger charge is -2.22. The van der Waals surface area contributed by atoms with Crippen molar-refractivity contribution >= 4 is 11.9 Å². The van der Waals surface area contributed by atoms with Crippen molar-refractivity contribution in [1.29, 1.82) is 0 Å². The van der Waals surface area contributed by atoms with Gasteiger partial charge in [0.2, 0.25) is 5.91 Å². The maximum Gasteiger partial charge on any atom is 0.321 e. The highest BCUT2D eigenvalue weighted by atomic mass is 16.5. The van der Waals surface area contributed by atoms with Gasteiger partial charge in [-0.2, -0.15) is 0 Å². The third-order valence-corrected chi connectivity index (χ3v) is 3.57. The van der Waals surface area contributed by atoms with Crippen molar-refractivity contribution in [2.75, 3.05) is 20.7 Å². The lowest BCUT2D eigenvalue weighted by Crippen LogP contribution is -2.40. The molecule has 1 aromatic rings. The highest BCUT2D eigenvalue weighted by Crippen LogP contribution is 2.48. The molecule has 1 heterocycles. The molecule has 0 aliphatic heterocycles. The van der Waals surface area contributed by atoms with Crippen LogP contribution in [0.25, 0.3) is 0 Å². The number of rotatable bonds is 5. The number of likely N-dealkylation sites (N-methyl/N-ethyl adjacent to an activating group) is 1. The summed E-state index contributed by atoms with van der Waals surface area (Å²) in [6.45, 7) is 0.585. The number of methoxy groups -OCH3 is 1. The summed E-state index contributed by atoms with van der Waals surface area (Å²) in [7, 11) is 3.05. The molecule has 0 atom stereocenters. The van der Waals surface area contributed by atoms with Crippen molar-refractivity contribution in [2.24, 2.45) is 5.41 Å². The fourth-order valence-electron chi connectivity index (χ4n) is 2.14. The van der Waals surface area contributed by atoms with Gasteiger partial charge in [-0.15, -0.1) is 0 Å². The number of carbonyl (C=O) groups is 2. The van der Waals surface area contributed by atoms with Crippen LogP contribution in [-0.2, 0) is 20.7 Å². The third-order valence-electron chi connectivity index (χ3n) is 3.57. The van der Waals surface area contributed by atoms with E-state index >= 15 is 0 Å². The molecule has 0 radical (unpaired) electrons. The Bertz CT molecular complexity index is 469. The van der Waals surface area contributed by atoms with Crippen LogP contribution in [0.1, 0.15) is 18.4 Å². The van der Waals surface area contributed by atoms with E-state index < -0.39 is 11.4 Å². The maximum atomic E-state index is 12.3. The minimum absolute atomic E-state index is 0.131. The molecule has 5 heteroatoms. The second-order valence-corrected chi connectivity index (χ2v) is 4.91. The van der Waals surface area contributed by atoms with Gasteiger partial charge in [0.05, 0.1) is 7.11 Å². The number of aromatic nitrogens is 1. The van der Waals surface area contributed by atoms with E-state index in [2.05, 4.69) is 4.98 Å². The van der Waals surface area contributed by atoms with Gasteiger partial charge in [0, 0.05) is 26.0 Å². The van der Waals surface area contributed by atoms with Crippen LogP contribution in [0.3, 0.4) is 0 Å². The predicted molar refractivity (Wildman–Crippen MR) is 69.3 cm³/mol. The van der Waals surface area contributed by atoms with E-state index in [1.165, 1.54) is 7.11 Å². The number of hydrogen-bond acceptors (Lipinski definition) is 4. The van der Waals surface area contributed by atoms with Gasteiger partial charge in [0.25, 0.3) is 0 Å². The molecule has 19 heavy (non-hydrogen) atoms. The smallest absolute Gasteiger partial charge is 0.321 e. The molecule has 102 valence electrons. The molecule has 5 nitrogen and oxygen atoms in total. The number of pyridine rings is 1. The second-order valence-electron chi connectivity index (χ2n) is 4.91. The van der Waals surface area contributed by atoms with E-state index in [1.54, 1.807) is 24.3 Å². The number of amides is 1. The number of esters is 1. The summed E-state index contributed by atoms with van der Waals surface area (Å²) < 4.78 is 4.72. The zero-order chi connectivity index (χ0) is 13.9. The van der Waals surface area contributed by atoms with Crippen LogP contribution < -0.4 is 0 Å². The fraction of sp³-hybridized carbons (Fsp3) is 0.500. The predicted octanol–water partition coefficient (Wildman–Crippen LogP) is 1.04. The summed E-state index contributed by atoms with van der Waals surface area (Å²) in [6, 6.07) is 3.84. The Balaban J connectivity index is 1.92. The van der Waals surface area contributed by atoms with Crippen LogP contribution in [0.5, 0.6) is 0 Å². The molecule has 0 aromatic carbocycles. The van der Waals surface area contributed by atoms with Gasteiger partial charge in [-0.05, 0) is 37.0 Å². The summed E-state index contributed by atoms with van der Waals surface area (Å²) in [5.74, 6) is -0.540. The Hall–Kier alpha value is -1.91. The first-order valence-corrected chi connectivity index (χ1v) is 6.33. The van der Waals surface area contributed by atoms with E-state index in [1.807, 2.05) is 12.1 Å². The van der Waals surface area contributed by atoms with Crippen molar-refractivity contribution < 1.29 is 14.3 Å². The van der Waals surface area contributed by atoms with Crippen molar-refractivity contribution in [3.05, 3.63) is 30.1 Å². The molecule has 0 N–H and O–H groups in total. The molecule has 1 saturated carbocycles. The van der Waals surface area contributed by atoms with Gasteiger partial charge in [-0.3, -0.25) is 14.6 Å². The minimum atomic E-state index is -0.901. The fourth-order valence-corrected chi connectivity index (χ4v) is 2.14. The summed E-state index contributed by atoms with van der Waals surface area (Å²) in [5.41, 5.74) is 0.222. The Morgan fingerprint density at radius 2 is 2.00 bits per heavy atom. The van der Waals surface area contributed by atoms with E-state index in [0.717, 1.165) is 12.0 Å². The number of ether oxygens (including phenoxy) is 1. The minimum Gasteiger partial charge on any atom is -0.468 e. The van der Waals surface area contributed by atoms with Crippen LogP contribution in [0, 0.1) is 5.41 Å². The lowest BCUT2D eigenvalue weighted by molar-refractivity contribution is -0.155. The Labute approximate surface area is 112 Å². The van der Waals surface area contributed by atoms with Gasteiger partial charge in [-0.25, -0.2) is 0 Å². The molecule has 1 aliphatic rings. The van der Waals surface area contributed by atoms with Gasteiger partial charge in [0.1, 0.15) is 5.41 Å². The Morgan fingerprint density at radius 3 is 2.53 bits per heavy atom. The molecule has 0 bridgehead atoms. The number of carbonyl (C=O) groups excluding carboxylic acids is 2. The lowest BCUT2D eigenvalue weighted by atomic mass is 10.1. The maximum absolute atomic E-state index is 12.3. The Kier molecular flexibility index (Phi) is 3.83. The largest absolute Gasteiger partial charge is 0.468 e. The number of hydrogen-bond donors (Lipinski definition) is 0. The first-order chi connectivity index (χ1) is 9.10. The molecular weight excluding hydrogens is 244 g/mol. The monoisotopic (exact) mass is 262 g/mol. The molecular formula is C14H18N2O3. The highest BCUT2D eigenvalue weighted by molar-refractivity contribution is 6.05. The molecule has 1 amide bonds. The SMILES string of the molecule is COC(=O)C1(C(=O)N(C)CCc2ccncc2)CC1. The van der Waals surface area contributed by atoms with Crippen LogP contribution in [-0.4, -0.2) is 42.5 Å².